The van der Waals surface area contributed by atoms with Gasteiger partial charge in [0, 0.05) is 30.9 Å². The highest BCUT2D eigenvalue weighted by atomic mass is 16.4. The lowest BCUT2D eigenvalue weighted by Crippen LogP contribution is -2.57. The van der Waals surface area contributed by atoms with Crippen molar-refractivity contribution < 1.29 is 9.90 Å². The van der Waals surface area contributed by atoms with Gasteiger partial charge < -0.3 is 10.0 Å². The Morgan fingerprint density at radius 2 is 2.05 bits per heavy atom. The lowest BCUT2D eigenvalue weighted by molar-refractivity contribution is 0.0696. The van der Waals surface area contributed by atoms with Gasteiger partial charge in [0.25, 0.3) is 0 Å². The molecule has 1 N–H and O–H groups in total. The lowest BCUT2D eigenvalue weighted by Gasteiger charge is -2.45. The van der Waals surface area contributed by atoms with E-state index in [-0.39, 0.29) is 5.54 Å². The minimum absolute atomic E-state index is 0.0626. The number of rotatable bonds is 2. The number of aryl methyl sites for hydroxylation is 1. The van der Waals surface area contributed by atoms with Crippen LogP contribution in [0.25, 0.3) is 0 Å². The van der Waals surface area contributed by atoms with Crippen LogP contribution in [0.3, 0.4) is 0 Å². The molecule has 104 valence electrons. The minimum atomic E-state index is -0.903. The zero-order chi connectivity index (χ0) is 14.2. The van der Waals surface area contributed by atoms with Gasteiger partial charge in [-0.05, 0) is 40.0 Å². The molecule has 0 aliphatic carbocycles. The number of carboxylic acid groups (broad SMARTS) is 1. The van der Waals surface area contributed by atoms with Gasteiger partial charge in [-0.1, -0.05) is 0 Å². The van der Waals surface area contributed by atoms with Gasteiger partial charge in [0.05, 0.1) is 5.56 Å². The van der Waals surface area contributed by atoms with Gasteiger partial charge in [-0.3, -0.25) is 4.90 Å². The number of anilines is 1. The number of aromatic carboxylic acids is 1. The Labute approximate surface area is 113 Å². The average Bonchev–Trinajstić information content (AvgIpc) is 2.31. The smallest absolute Gasteiger partial charge is 0.335 e. The van der Waals surface area contributed by atoms with Gasteiger partial charge in [0.1, 0.15) is 5.82 Å². The van der Waals surface area contributed by atoms with Crippen molar-refractivity contribution in [3.63, 3.8) is 0 Å². The van der Waals surface area contributed by atoms with Crippen molar-refractivity contribution in [2.24, 2.45) is 0 Å². The Bertz CT molecular complexity index is 499. The van der Waals surface area contributed by atoms with Crippen molar-refractivity contribution in [3.05, 3.63) is 23.4 Å². The van der Waals surface area contributed by atoms with E-state index in [0.717, 1.165) is 31.1 Å². The van der Waals surface area contributed by atoms with Crippen molar-refractivity contribution in [2.45, 2.75) is 26.3 Å². The van der Waals surface area contributed by atoms with Crippen molar-refractivity contribution in [2.75, 3.05) is 31.6 Å². The molecule has 0 bridgehead atoms. The maximum atomic E-state index is 11.1. The number of nitrogens with zero attached hydrogens (tertiary/aromatic N) is 3. The molecular formula is C14H21N3O2. The lowest BCUT2D eigenvalue weighted by atomic mass is 9.99. The van der Waals surface area contributed by atoms with E-state index in [0.29, 0.717) is 5.56 Å². The zero-order valence-corrected chi connectivity index (χ0v) is 12.0. The predicted octanol–water partition coefficient (Wildman–Crippen LogP) is 1.62. The summed E-state index contributed by atoms with van der Waals surface area (Å²) in [6.07, 6.45) is 0. The topological polar surface area (TPSA) is 56.7 Å². The van der Waals surface area contributed by atoms with Crippen LogP contribution in [0.4, 0.5) is 5.82 Å². The van der Waals surface area contributed by atoms with E-state index < -0.39 is 5.97 Å². The molecule has 1 aliphatic heterocycles. The molecule has 1 aromatic heterocycles. The van der Waals surface area contributed by atoms with E-state index in [2.05, 4.69) is 35.7 Å². The molecule has 0 saturated carbocycles. The SMILES string of the molecule is Cc1cc(C(=O)O)cc(N2CCN(C)C(C)(C)C2)n1. The van der Waals surface area contributed by atoms with Crippen LogP contribution in [-0.2, 0) is 0 Å². The molecule has 0 aromatic carbocycles. The zero-order valence-electron chi connectivity index (χ0n) is 12.0. The van der Waals surface area contributed by atoms with E-state index in [4.69, 9.17) is 5.11 Å². The Morgan fingerprint density at radius 1 is 1.37 bits per heavy atom. The molecule has 0 amide bonds. The van der Waals surface area contributed by atoms with E-state index in [9.17, 15) is 4.79 Å². The molecule has 0 atom stereocenters. The first-order valence-corrected chi connectivity index (χ1v) is 6.48. The summed E-state index contributed by atoms with van der Waals surface area (Å²) < 4.78 is 0. The number of carboxylic acids is 1. The van der Waals surface area contributed by atoms with E-state index in [1.54, 1.807) is 12.1 Å². The number of carbonyl (C=O) groups is 1. The Morgan fingerprint density at radius 3 is 2.63 bits per heavy atom. The van der Waals surface area contributed by atoms with E-state index >= 15 is 0 Å². The fourth-order valence-electron chi connectivity index (χ4n) is 2.37. The summed E-state index contributed by atoms with van der Waals surface area (Å²) in [5.74, 6) is -0.140. The first-order chi connectivity index (χ1) is 8.79. The normalized spacial score (nSPS) is 19.5. The largest absolute Gasteiger partial charge is 0.478 e. The molecule has 2 heterocycles. The molecule has 1 fully saturated rings. The molecule has 0 radical (unpaired) electrons. The second-order valence-corrected chi connectivity index (χ2v) is 5.82. The van der Waals surface area contributed by atoms with Crippen LogP contribution in [0.15, 0.2) is 12.1 Å². The van der Waals surface area contributed by atoms with Gasteiger partial charge in [-0.25, -0.2) is 9.78 Å². The highest BCUT2D eigenvalue weighted by molar-refractivity contribution is 5.88. The second-order valence-electron chi connectivity index (χ2n) is 5.82. The van der Waals surface area contributed by atoms with Crippen LogP contribution < -0.4 is 4.90 Å². The monoisotopic (exact) mass is 263 g/mol. The van der Waals surface area contributed by atoms with Crippen LogP contribution >= 0.6 is 0 Å². The van der Waals surface area contributed by atoms with Gasteiger partial charge in [-0.15, -0.1) is 0 Å². The molecule has 5 nitrogen and oxygen atoms in total. The summed E-state index contributed by atoms with van der Waals surface area (Å²) in [6, 6.07) is 3.27. The standard InChI is InChI=1S/C14H21N3O2/c1-10-7-11(13(18)19)8-12(15-10)17-6-5-16(4)14(2,3)9-17/h7-8H,5-6,9H2,1-4H3,(H,18,19). The third kappa shape index (κ3) is 2.87. The maximum Gasteiger partial charge on any atom is 0.335 e. The summed E-state index contributed by atoms with van der Waals surface area (Å²) in [6.45, 7) is 8.87. The number of pyridine rings is 1. The number of hydrogen-bond donors (Lipinski definition) is 1. The second kappa shape index (κ2) is 4.81. The first kappa shape index (κ1) is 13.8. The van der Waals surface area contributed by atoms with Crippen LogP contribution in [0.5, 0.6) is 0 Å². The third-order valence-electron chi connectivity index (χ3n) is 3.83. The molecule has 5 heteroatoms. The molecule has 1 aliphatic rings. The number of aromatic nitrogens is 1. The van der Waals surface area contributed by atoms with Crippen molar-refractivity contribution in [1.82, 2.24) is 9.88 Å². The average molecular weight is 263 g/mol. The van der Waals surface area contributed by atoms with Crippen LogP contribution in [-0.4, -0.2) is 53.2 Å². The van der Waals surface area contributed by atoms with Gasteiger partial charge in [0.15, 0.2) is 0 Å². The summed E-state index contributed by atoms with van der Waals surface area (Å²) in [5.41, 5.74) is 1.11. The van der Waals surface area contributed by atoms with Crippen molar-refractivity contribution in [1.29, 1.82) is 0 Å². The quantitative estimate of drug-likeness (QED) is 0.878. The summed E-state index contributed by atoms with van der Waals surface area (Å²) >= 11 is 0. The fraction of sp³-hybridized carbons (Fsp3) is 0.571. The van der Waals surface area contributed by atoms with Crippen LogP contribution in [0.1, 0.15) is 29.9 Å². The highest BCUT2D eigenvalue weighted by Gasteiger charge is 2.31. The van der Waals surface area contributed by atoms with Crippen LogP contribution in [0, 0.1) is 6.92 Å². The summed E-state index contributed by atoms with van der Waals surface area (Å²) in [4.78, 5) is 20.1. The third-order valence-corrected chi connectivity index (χ3v) is 3.83. The minimum Gasteiger partial charge on any atom is -0.478 e. The summed E-state index contributed by atoms with van der Waals surface area (Å²) in [7, 11) is 2.11. The van der Waals surface area contributed by atoms with E-state index in [1.165, 1.54) is 0 Å². The molecule has 2 rings (SSSR count). The summed E-state index contributed by atoms with van der Waals surface area (Å²) in [5, 5.41) is 9.12. The molecule has 1 saturated heterocycles. The van der Waals surface area contributed by atoms with Gasteiger partial charge in [-0.2, -0.15) is 0 Å². The predicted molar refractivity (Wildman–Crippen MR) is 74.9 cm³/mol. The molecule has 1 aromatic rings. The number of piperazine rings is 1. The molecule has 0 spiro atoms. The Hall–Kier alpha value is -1.62. The molecule has 19 heavy (non-hydrogen) atoms. The molecule has 0 unspecified atom stereocenters. The van der Waals surface area contributed by atoms with Gasteiger partial charge >= 0.3 is 5.97 Å². The van der Waals surface area contributed by atoms with Crippen LogP contribution in [0.2, 0.25) is 0 Å². The Balaban J connectivity index is 2.30. The first-order valence-electron chi connectivity index (χ1n) is 6.48. The van der Waals surface area contributed by atoms with E-state index in [1.807, 2.05) is 6.92 Å². The van der Waals surface area contributed by atoms with Crippen molar-refractivity contribution >= 4 is 11.8 Å². The molecular weight excluding hydrogens is 242 g/mol. The Kier molecular flexibility index (Phi) is 3.49. The number of likely N-dealkylation sites (N-methyl/N-ethyl adjacent to an activating group) is 1. The maximum absolute atomic E-state index is 11.1. The fourth-order valence-corrected chi connectivity index (χ4v) is 2.37. The number of hydrogen-bond acceptors (Lipinski definition) is 4. The highest BCUT2D eigenvalue weighted by Crippen LogP contribution is 2.24. The van der Waals surface area contributed by atoms with Crippen molar-refractivity contribution in [3.8, 4) is 0 Å². The van der Waals surface area contributed by atoms with Gasteiger partial charge in [0.2, 0.25) is 0 Å².